The Morgan fingerprint density at radius 2 is 1.89 bits per heavy atom. The minimum Gasteiger partial charge on any atom is -0.339 e. The van der Waals surface area contributed by atoms with Crippen molar-refractivity contribution in [3.05, 3.63) is 66.1 Å². The zero-order chi connectivity index (χ0) is 19.9. The van der Waals surface area contributed by atoms with E-state index in [0.29, 0.717) is 23.4 Å². The molecule has 0 saturated carbocycles. The van der Waals surface area contributed by atoms with Gasteiger partial charge in [-0.3, -0.25) is 9.55 Å². The second-order valence-corrected chi connectivity index (χ2v) is 5.92. The molecule has 0 spiro atoms. The Morgan fingerprint density at radius 3 is 2.64 bits per heavy atom. The van der Waals surface area contributed by atoms with Gasteiger partial charge < -0.3 is 5.32 Å². The standard InChI is InChI=1S/C18H12F4N6/c1-10-25-17-14(3-2-6-24-17)28(10)16-9-23-8-15(27-16)26-11-4-5-12(13(19)7-11)18(20,21)22/h2-9H,1H3,(H,26,27). The van der Waals surface area contributed by atoms with Crippen LogP contribution in [0.4, 0.5) is 29.1 Å². The average Bonchev–Trinajstić information content (AvgIpc) is 2.96. The van der Waals surface area contributed by atoms with Crippen molar-refractivity contribution in [1.82, 2.24) is 24.5 Å². The van der Waals surface area contributed by atoms with E-state index in [9.17, 15) is 17.6 Å². The molecule has 1 N–H and O–H groups in total. The summed E-state index contributed by atoms with van der Waals surface area (Å²) in [5.41, 5.74) is 0.0636. The van der Waals surface area contributed by atoms with Gasteiger partial charge in [0.2, 0.25) is 0 Å². The molecule has 3 heterocycles. The number of pyridine rings is 1. The van der Waals surface area contributed by atoms with Gasteiger partial charge in [-0.05, 0) is 37.3 Å². The minimum atomic E-state index is -4.75. The van der Waals surface area contributed by atoms with E-state index in [4.69, 9.17) is 0 Å². The van der Waals surface area contributed by atoms with Gasteiger partial charge in [0.25, 0.3) is 0 Å². The Bertz CT molecular complexity index is 1170. The predicted molar refractivity (Wildman–Crippen MR) is 93.9 cm³/mol. The van der Waals surface area contributed by atoms with Gasteiger partial charge in [0.15, 0.2) is 17.3 Å². The van der Waals surface area contributed by atoms with Crippen LogP contribution in [0.5, 0.6) is 0 Å². The third-order valence-corrected chi connectivity index (χ3v) is 4.00. The van der Waals surface area contributed by atoms with Gasteiger partial charge in [0, 0.05) is 11.9 Å². The molecular weight excluding hydrogens is 376 g/mol. The lowest BCUT2D eigenvalue weighted by Crippen LogP contribution is -2.08. The molecule has 1 aromatic carbocycles. The summed E-state index contributed by atoms with van der Waals surface area (Å²) in [6.07, 6.45) is -0.232. The van der Waals surface area contributed by atoms with E-state index in [0.717, 1.165) is 17.6 Å². The van der Waals surface area contributed by atoms with Crippen LogP contribution in [0.2, 0.25) is 0 Å². The number of nitrogens with one attached hydrogen (secondary N) is 1. The van der Waals surface area contributed by atoms with Crippen LogP contribution in [0.1, 0.15) is 11.4 Å². The zero-order valence-corrected chi connectivity index (χ0v) is 14.4. The number of rotatable bonds is 3. The number of hydrogen-bond donors (Lipinski definition) is 1. The number of aromatic nitrogens is 5. The van der Waals surface area contributed by atoms with E-state index in [1.807, 2.05) is 6.07 Å². The Kier molecular flexibility index (Phi) is 4.17. The fourth-order valence-corrected chi connectivity index (χ4v) is 2.81. The quantitative estimate of drug-likeness (QED) is 0.526. The fraction of sp³-hybridized carbons (Fsp3) is 0.111. The van der Waals surface area contributed by atoms with Crippen molar-refractivity contribution < 1.29 is 17.6 Å². The molecule has 0 unspecified atom stereocenters. The van der Waals surface area contributed by atoms with Gasteiger partial charge in [-0.25, -0.2) is 19.3 Å². The summed E-state index contributed by atoms with van der Waals surface area (Å²) in [6, 6.07) is 6.16. The fourth-order valence-electron chi connectivity index (χ4n) is 2.81. The van der Waals surface area contributed by atoms with Gasteiger partial charge in [-0.1, -0.05) is 0 Å². The molecule has 0 bridgehead atoms. The Labute approximate surface area is 155 Å². The van der Waals surface area contributed by atoms with Crippen LogP contribution in [-0.2, 0) is 6.18 Å². The molecule has 0 radical (unpaired) electrons. The topological polar surface area (TPSA) is 68.5 Å². The first-order valence-corrected chi connectivity index (χ1v) is 8.09. The molecule has 6 nitrogen and oxygen atoms in total. The first-order chi connectivity index (χ1) is 13.3. The molecule has 28 heavy (non-hydrogen) atoms. The molecule has 0 aliphatic carbocycles. The number of nitrogens with zero attached hydrogens (tertiary/aromatic N) is 5. The number of fused-ring (bicyclic) bond motifs is 1. The smallest absolute Gasteiger partial charge is 0.339 e. The van der Waals surface area contributed by atoms with Crippen molar-refractivity contribution in [2.75, 3.05) is 5.32 Å². The van der Waals surface area contributed by atoms with Gasteiger partial charge in [0.1, 0.15) is 11.6 Å². The first kappa shape index (κ1) is 17.8. The monoisotopic (exact) mass is 388 g/mol. The third kappa shape index (κ3) is 3.24. The summed E-state index contributed by atoms with van der Waals surface area (Å²) in [7, 11) is 0. The van der Waals surface area contributed by atoms with Gasteiger partial charge in [-0.15, -0.1) is 0 Å². The highest BCUT2D eigenvalue weighted by Gasteiger charge is 2.33. The van der Waals surface area contributed by atoms with Crippen LogP contribution < -0.4 is 5.32 Å². The highest BCUT2D eigenvalue weighted by atomic mass is 19.4. The summed E-state index contributed by atoms with van der Waals surface area (Å²) in [5.74, 6) is -0.0583. The SMILES string of the molecule is Cc1nc2ncccc2n1-c1cncc(Nc2ccc(C(F)(F)F)c(F)c2)n1. The average molecular weight is 388 g/mol. The van der Waals surface area contributed by atoms with Crippen molar-refractivity contribution in [2.45, 2.75) is 13.1 Å². The van der Waals surface area contributed by atoms with E-state index < -0.39 is 17.6 Å². The molecular formula is C18H12F4N6. The zero-order valence-electron chi connectivity index (χ0n) is 14.4. The van der Waals surface area contributed by atoms with E-state index >= 15 is 0 Å². The van der Waals surface area contributed by atoms with Crippen molar-refractivity contribution in [3.63, 3.8) is 0 Å². The molecule has 4 aromatic rings. The van der Waals surface area contributed by atoms with Crippen LogP contribution in [-0.4, -0.2) is 24.5 Å². The number of benzene rings is 1. The lowest BCUT2D eigenvalue weighted by atomic mass is 10.2. The second kappa shape index (κ2) is 6.55. The van der Waals surface area contributed by atoms with Gasteiger partial charge in [-0.2, -0.15) is 13.2 Å². The molecule has 142 valence electrons. The summed E-state index contributed by atoms with van der Waals surface area (Å²) in [6.45, 7) is 1.79. The highest BCUT2D eigenvalue weighted by molar-refractivity contribution is 5.73. The highest BCUT2D eigenvalue weighted by Crippen LogP contribution is 2.32. The molecule has 0 aliphatic heterocycles. The molecule has 3 aromatic heterocycles. The van der Waals surface area contributed by atoms with Crippen molar-refractivity contribution in [1.29, 1.82) is 0 Å². The molecule has 0 fully saturated rings. The lowest BCUT2D eigenvalue weighted by Gasteiger charge is -2.11. The van der Waals surface area contributed by atoms with Crippen molar-refractivity contribution in [2.24, 2.45) is 0 Å². The lowest BCUT2D eigenvalue weighted by molar-refractivity contribution is -0.139. The van der Waals surface area contributed by atoms with Crippen LogP contribution in [0.15, 0.2) is 48.9 Å². The molecule has 0 aliphatic rings. The molecule has 0 saturated heterocycles. The number of hydrogen-bond acceptors (Lipinski definition) is 5. The first-order valence-electron chi connectivity index (χ1n) is 8.09. The molecule has 4 rings (SSSR count). The predicted octanol–water partition coefficient (Wildman–Crippen LogP) is 4.42. The number of imidazole rings is 1. The minimum absolute atomic E-state index is 0.117. The van der Waals surface area contributed by atoms with Crippen LogP contribution in [0.3, 0.4) is 0 Å². The van der Waals surface area contributed by atoms with Crippen LogP contribution in [0, 0.1) is 12.7 Å². The summed E-state index contributed by atoms with van der Waals surface area (Å²) < 4.78 is 53.6. The van der Waals surface area contributed by atoms with Gasteiger partial charge in [0.05, 0.1) is 23.5 Å². The summed E-state index contributed by atoms with van der Waals surface area (Å²) in [4.78, 5) is 17.0. The molecule has 0 amide bonds. The van der Waals surface area contributed by atoms with E-state index in [1.54, 1.807) is 23.8 Å². The third-order valence-electron chi connectivity index (χ3n) is 4.00. The van der Waals surface area contributed by atoms with Crippen LogP contribution >= 0.6 is 0 Å². The van der Waals surface area contributed by atoms with Crippen molar-refractivity contribution in [3.8, 4) is 5.82 Å². The maximum atomic E-state index is 13.8. The number of anilines is 2. The number of alkyl halides is 3. The maximum absolute atomic E-state index is 13.8. The Morgan fingerprint density at radius 1 is 1.07 bits per heavy atom. The molecule has 10 heteroatoms. The Hall–Kier alpha value is -3.56. The Balaban J connectivity index is 1.68. The van der Waals surface area contributed by atoms with E-state index in [-0.39, 0.29) is 11.5 Å². The summed E-state index contributed by atoms with van der Waals surface area (Å²) in [5, 5.41) is 2.76. The van der Waals surface area contributed by atoms with Crippen LogP contribution in [0.25, 0.3) is 17.0 Å². The number of halogens is 4. The van der Waals surface area contributed by atoms with Gasteiger partial charge >= 0.3 is 6.18 Å². The number of aryl methyl sites for hydroxylation is 1. The molecule has 0 atom stereocenters. The normalized spacial score (nSPS) is 11.8. The van der Waals surface area contributed by atoms with E-state index in [2.05, 4.69) is 25.3 Å². The van der Waals surface area contributed by atoms with E-state index in [1.165, 1.54) is 12.4 Å². The summed E-state index contributed by atoms with van der Waals surface area (Å²) >= 11 is 0. The second-order valence-electron chi connectivity index (χ2n) is 5.92. The largest absolute Gasteiger partial charge is 0.419 e. The van der Waals surface area contributed by atoms with Crippen molar-refractivity contribution >= 4 is 22.7 Å². The maximum Gasteiger partial charge on any atom is 0.419 e.